The summed E-state index contributed by atoms with van der Waals surface area (Å²) in [6, 6.07) is 15.0. The zero-order valence-electron chi connectivity index (χ0n) is 23.5. The molecule has 0 atom stereocenters. The van der Waals surface area contributed by atoms with E-state index in [0.29, 0.717) is 27.9 Å². The minimum absolute atomic E-state index is 0.0475. The van der Waals surface area contributed by atoms with Crippen LogP contribution in [0.25, 0.3) is 33.4 Å². The van der Waals surface area contributed by atoms with Crippen LogP contribution >= 0.6 is 12.6 Å². The van der Waals surface area contributed by atoms with Gasteiger partial charge in [-0.3, -0.25) is 0 Å². The number of hydrogen-bond donors (Lipinski definition) is 2. The summed E-state index contributed by atoms with van der Waals surface area (Å²) >= 11 is 4.02. The predicted molar refractivity (Wildman–Crippen MR) is 165 cm³/mol. The first-order chi connectivity index (χ1) is 19.5. The first-order valence-electron chi connectivity index (χ1n) is 13.5. The lowest BCUT2D eigenvalue weighted by Gasteiger charge is -2.23. The monoisotopic (exact) mass is 617 g/mol. The molecule has 1 heterocycles. The topological polar surface area (TPSA) is 123 Å². The number of anilines is 1. The van der Waals surface area contributed by atoms with Crippen LogP contribution in [0.2, 0.25) is 0 Å². The Bertz CT molecular complexity index is 1820. The Hall–Kier alpha value is -2.90. The summed E-state index contributed by atoms with van der Waals surface area (Å²) in [5.74, 6) is 0.760. The molecule has 2 aromatic carbocycles. The van der Waals surface area contributed by atoms with E-state index in [1.807, 2.05) is 36.4 Å². The van der Waals surface area contributed by atoms with Crippen molar-refractivity contribution in [1.29, 1.82) is 0 Å². The van der Waals surface area contributed by atoms with E-state index in [-0.39, 0.29) is 22.8 Å². The van der Waals surface area contributed by atoms with Crippen LogP contribution in [0.4, 0.5) is 5.69 Å². The summed E-state index contributed by atoms with van der Waals surface area (Å²) < 4.78 is 74.4. The van der Waals surface area contributed by atoms with Gasteiger partial charge in [0.2, 0.25) is 15.4 Å². The standard InChI is InChI=1S/C29H35N3O6S3/c1-5-31(6-2)20-9-12-23-26(17-20)38-27-18-21(32(7-3)8-4)10-13-24(27)29(23)25-14-11-22(19-28(25)41(35,36)37)40(33,34)30-15-16-39/h9-14,17-19,30H,5-8,15-16H2,1-4H3,(H-,35,36,37,39). The highest BCUT2D eigenvalue weighted by Crippen LogP contribution is 2.43. The van der Waals surface area contributed by atoms with Crippen LogP contribution in [-0.4, -0.2) is 59.9 Å². The predicted octanol–water partition coefficient (Wildman–Crippen LogP) is 3.98. The average Bonchev–Trinajstić information content (AvgIpc) is 2.95. The first-order valence-corrected chi connectivity index (χ1v) is 17.1. The maximum atomic E-state index is 12.8. The maximum Gasteiger partial charge on any atom is 0.240 e. The molecule has 0 fully saturated rings. The molecule has 0 spiro atoms. The van der Waals surface area contributed by atoms with Gasteiger partial charge in [0.1, 0.15) is 34.6 Å². The van der Waals surface area contributed by atoms with Gasteiger partial charge in [0.25, 0.3) is 0 Å². The highest BCUT2D eigenvalue weighted by molar-refractivity contribution is 7.89. The highest BCUT2D eigenvalue weighted by Gasteiger charge is 2.25. The van der Waals surface area contributed by atoms with Crippen molar-refractivity contribution < 1.29 is 25.8 Å². The Morgan fingerprint density at radius 2 is 1.59 bits per heavy atom. The number of benzene rings is 3. The molecule has 0 saturated heterocycles. The van der Waals surface area contributed by atoms with Crippen molar-refractivity contribution in [1.82, 2.24) is 9.30 Å². The second-order valence-electron chi connectivity index (χ2n) is 9.42. The molecule has 0 bridgehead atoms. The molecule has 12 heteroatoms. The van der Waals surface area contributed by atoms with E-state index in [1.54, 1.807) is 0 Å². The van der Waals surface area contributed by atoms with E-state index in [9.17, 15) is 21.4 Å². The Labute approximate surface area is 247 Å². The van der Waals surface area contributed by atoms with Gasteiger partial charge in [0.05, 0.1) is 15.9 Å². The van der Waals surface area contributed by atoms with Crippen molar-refractivity contribution in [2.75, 3.05) is 43.4 Å². The third kappa shape index (κ3) is 6.31. The van der Waals surface area contributed by atoms with E-state index in [2.05, 4.69) is 54.5 Å². The molecule has 2 aromatic rings. The molecule has 220 valence electrons. The van der Waals surface area contributed by atoms with Crippen LogP contribution < -0.4 is 19.6 Å². The van der Waals surface area contributed by atoms with Crippen LogP contribution in [0, 0.1) is 0 Å². The lowest BCUT2D eigenvalue weighted by atomic mass is 9.93. The Kier molecular flexibility index (Phi) is 9.49. The Morgan fingerprint density at radius 3 is 2.20 bits per heavy atom. The van der Waals surface area contributed by atoms with E-state index < -0.39 is 25.0 Å². The minimum Gasteiger partial charge on any atom is -0.744 e. The van der Waals surface area contributed by atoms with Crippen LogP contribution in [0.1, 0.15) is 27.7 Å². The highest BCUT2D eigenvalue weighted by atomic mass is 32.2. The lowest BCUT2D eigenvalue weighted by Crippen LogP contribution is -2.29. The lowest BCUT2D eigenvalue weighted by molar-refractivity contribution is 0.463. The van der Waals surface area contributed by atoms with Gasteiger partial charge in [-0.2, -0.15) is 12.6 Å². The molecule has 0 aromatic heterocycles. The van der Waals surface area contributed by atoms with Gasteiger partial charge in [0, 0.05) is 65.3 Å². The van der Waals surface area contributed by atoms with Crippen molar-refractivity contribution in [3.63, 3.8) is 0 Å². The van der Waals surface area contributed by atoms with Crippen LogP contribution in [0.5, 0.6) is 0 Å². The second-order valence-corrected chi connectivity index (χ2v) is 13.0. The number of hydrogen-bond acceptors (Lipinski definition) is 8. The normalized spacial score (nSPS) is 12.2. The smallest absolute Gasteiger partial charge is 0.240 e. The summed E-state index contributed by atoms with van der Waals surface area (Å²) in [4.78, 5) is 1.22. The molecule has 1 aliphatic heterocycles. The molecule has 2 aliphatic rings. The van der Waals surface area contributed by atoms with Gasteiger partial charge in [-0.1, -0.05) is 6.07 Å². The Balaban J connectivity index is 2.13. The zero-order chi connectivity index (χ0) is 29.9. The SMILES string of the molecule is CCN(CC)c1ccc2c(-c3ccc(S(=O)(=O)NCCS)cc3S(=O)(=O)[O-])c3ccc(=[N+](CC)CC)cc-3oc2c1. The summed E-state index contributed by atoms with van der Waals surface area (Å²) in [6.07, 6.45) is 0. The fraction of sp³-hybridized carbons (Fsp3) is 0.345. The minimum atomic E-state index is -5.09. The van der Waals surface area contributed by atoms with E-state index in [1.165, 1.54) is 12.1 Å². The van der Waals surface area contributed by atoms with E-state index >= 15 is 0 Å². The van der Waals surface area contributed by atoms with Crippen molar-refractivity contribution in [3.8, 4) is 22.5 Å². The average molecular weight is 618 g/mol. The van der Waals surface area contributed by atoms with Crippen molar-refractivity contribution in [3.05, 3.63) is 60.0 Å². The second kappa shape index (κ2) is 12.5. The van der Waals surface area contributed by atoms with Crippen molar-refractivity contribution >= 4 is 49.4 Å². The van der Waals surface area contributed by atoms with Gasteiger partial charge < -0.3 is 13.9 Å². The molecule has 0 unspecified atom stereocenters. The molecule has 41 heavy (non-hydrogen) atoms. The number of nitrogens with one attached hydrogen (secondary N) is 1. The number of rotatable bonds is 11. The molecule has 4 rings (SSSR count). The summed E-state index contributed by atoms with van der Waals surface area (Å²) in [6.45, 7) is 11.4. The number of fused-ring (bicyclic) bond motifs is 2. The maximum absolute atomic E-state index is 12.8. The fourth-order valence-corrected chi connectivity index (χ4v) is 7.18. The fourth-order valence-electron chi connectivity index (χ4n) is 5.08. The van der Waals surface area contributed by atoms with Gasteiger partial charge >= 0.3 is 0 Å². The number of sulfonamides is 1. The van der Waals surface area contributed by atoms with Gasteiger partial charge in [-0.25, -0.2) is 26.1 Å². The molecule has 0 saturated carbocycles. The van der Waals surface area contributed by atoms with Gasteiger partial charge in [-0.15, -0.1) is 0 Å². The molecule has 0 amide bonds. The first kappa shape index (κ1) is 31.0. The van der Waals surface area contributed by atoms with E-state index in [4.69, 9.17) is 4.42 Å². The third-order valence-electron chi connectivity index (χ3n) is 7.15. The van der Waals surface area contributed by atoms with Crippen LogP contribution in [-0.2, 0) is 20.1 Å². The van der Waals surface area contributed by atoms with Crippen LogP contribution in [0.3, 0.4) is 0 Å². The summed E-state index contributed by atoms with van der Waals surface area (Å²) in [5.41, 5.74) is 2.61. The van der Waals surface area contributed by atoms with Crippen molar-refractivity contribution in [2.45, 2.75) is 37.5 Å². The molecule has 9 nitrogen and oxygen atoms in total. The quantitative estimate of drug-likeness (QED) is 0.113. The molecular weight excluding hydrogens is 583 g/mol. The molecular formula is C29H35N3O6S3. The van der Waals surface area contributed by atoms with Gasteiger partial charge in [0.15, 0.2) is 0 Å². The molecule has 1 N–H and O–H groups in total. The zero-order valence-corrected chi connectivity index (χ0v) is 26.1. The largest absolute Gasteiger partial charge is 0.744 e. The van der Waals surface area contributed by atoms with Crippen molar-refractivity contribution in [2.24, 2.45) is 0 Å². The number of thiol groups is 1. The van der Waals surface area contributed by atoms with Gasteiger partial charge in [-0.05, 0) is 58.0 Å². The number of nitrogens with zero attached hydrogens (tertiary/aromatic N) is 2. The molecule has 0 radical (unpaired) electrons. The summed E-state index contributed by atoms with van der Waals surface area (Å²) in [5, 5.41) is 1.53. The summed E-state index contributed by atoms with van der Waals surface area (Å²) in [7, 11) is -9.15. The third-order valence-corrected chi connectivity index (χ3v) is 9.71. The molecule has 1 aliphatic carbocycles. The van der Waals surface area contributed by atoms with Crippen LogP contribution in [0.15, 0.2) is 68.8 Å². The van der Waals surface area contributed by atoms with E-state index in [0.717, 1.165) is 43.3 Å². The Morgan fingerprint density at radius 1 is 0.902 bits per heavy atom.